The molecule has 0 aliphatic heterocycles. The van der Waals surface area contributed by atoms with Crippen LogP contribution in [-0.2, 0) is 0 Å². The van der Waals surface area contributed by atoms with Gasteiger partial charge in [-0.15, -0.1) is 0 Å². The third-order valence-corrected chi connectivity index (χ3v) is 10.4. The number of rotatable bonds is 6. The first-order chi connectivity index (χ1) is 29.5. The minimum atomic E-state index is 0.0615. The largest absolute Gasteiger partial charge is 0.459 e. The molecule has 306 valence electrons. The quantitative estimate of drug-likeness (QED) is 0.147. The predicted molar refractivity (Wildman–Crippen MR) is 260 cm³/mol. The van der Waals surface area contributed by atoms with Crippen molar-refractivity contribution >= 4 is 28.3 Å². The van der Waals surface area contributed by atoms with Gasteiger partial charge in [0.1, 0.15) is 11.3 Å². The lowest BCUT2D eigenvalue weighted by atomic mass is 9.87. The molecule has 0 bridgehead atoms. The van der Waals surface area contributed by atoms with Gasteiger partial charge < -0.3 is 21.2 Å². The number of allylic oxidation sites excluding steroid dienone is 7. The highest BCUT2D eigenvalue weighted by Gasteiger charge is 2.24. The van der Waals surface area contributed by atoms with E-state index in [4.69, 9.17) is 4.42 Å². The molecule has 6 aromatic carbocycles. The van der Waals surface area contributed by atoms with Crippen molar-refractivity contribution in [2.24, 2.45) is 11.5 Å². The number of fused-ring (bicyclic) bond motifs is 3. The third-order valence-electron chi connectivity index (χ3n) is 10.4. The summed E-state index contributed by atoms with van der Waals surface area (Å²) in [5, 5.41) is 4.31. The van der Waals surface area contributed by atoms with Crippen molar-refractivity contribution in [3.05, 3.63) is 233 Å². The first-order valence-corrected chi connectivity index (χ1v) is 21.2. The van der Waals surface area contributed by atoms with E-state index in [0.29, 0.717) is 5.92 Å². The van der Waals surface area contributed by atoms with E-state index >= 15 is 0 Å². The van der Waals surface area contributed by atoms with E-state index in [0.717, 1.165) is 29.9 Å². The lowest BCUT2D eigenvalue weighted by Gasteiger charge is -2.18. The van der Waals surface area contributed by atoms with Crippen LogP contribution in [0.4, 0.5) is 5.69 Å². The second-order valence-electron chi connectivity index (χ2n) is 14.4. The monoisotopic (exact) mass is 791 g/mol. The zero-order chi connectivity index (χ0) is 42.5. The minimum absolute atomic E-state index is 0.0615. The lowest BCUT2D eigenvalue weighted by molar-refractivity contribution is 0.545. The number of furan rings is 1. The molecule has 60 heavy (non-hydrogen) atoms. The smallest absolute Gasteiger partial charge is 0.134 e. The van der Waals surface area contributed by atoms with Crippen molar-refractivity contribution in [2.75, 3.05) is 19.0 Å². The Bertz CT molecular complexity index is 2440. The van der Waals surface area contributed by atoms with E-state index in [2.05, 4.69) is 201 Å². The number of nitrogens with two attached hydrogens (primary N) is 2. The SMILES string of the molecule is CC.CC(C1=CC=CCC1)c1ccc(C2=CC(c3ccccc3)c3oc4ccccc4c3C=C2)cc1.CNc1cccc(-c2ccccc2)c1.Cc1ccccc1.NCN. The maximum atomic E-state index is 6.43. The molecule has 0 radical (unpaired) electrons. The van der Waals surface area contributed by atoms with Gasteiger partial charge in [0.15, 0.2) is 0 Å². The molecular formula is C56H61N3O. The third kappa shape index (κ3) is 12.3. The van der Waals surface area contributed by atoms with Crippen molar-refractivity contribution in [1.82, 2.24) is 0 Å². The summed E-state index contributed by atoms with van der Waals surface area (Å²) in [5.41, 5.74) is 22.9. The fourth-order valence-corrected chi connectivity index (χ4v) is 7.25. The Morgan fingerprint density at radius 3 is 1.92 bits per heavy atom. The topological polar surface area (TPSA) is 77.2 Å². The maximum Gasteiger partial charge on any atom is 0.134 e. The Labute approximate surface area is 358 Å². The summed E-state index contributed by atoms with van der Waals surface area (Å²) >= 11 is 0. The molecular weight excluding hydrogens is 731 g/mol. The Balaban J connectivity index is 0.000000214. The summed E-state index contributed by atoms with van der Waals surface area (Å²) in [7, 11) is 1.93. The van der Waals surface area contributed by atoms with Gasteiger partial charge in [0.25, 0.3) is 0 Å². The molecule has 4 nitrogen and oxygen atoms in total. The summed E-state index contributed by atoms with van der Waals surface area (Å²) < 4.78 is 6.43. The van der Waals surface area contributed by atoms with Crippen LogP contribution in [0.3, 0.4) is 0 Å². The molecule has 2 aliphatic carbocycles. The van der Waals surface area contributed by atoms with E-state index in [9.17, 15) is 0 Å². The number of hydrogen-bond donors (Lipinski definition) is 3. The van der Waals surface area contributed by atoms with E-state index in [1.165, 1.54) is 55.5 Å². The molecule has 1 aromatic heterocycles. The van der Waals surface area contributed by atoms with Crippen LogP contribution in [-0.4, -0.2) is 13.7 Å². The van der Waals surface area contributed by atoms with Crippen LogP contribution in [0.25, 0.3) is 33.7 Å². The summed E-state index contributed by atoms with van der Waals surface area (Å²) in [4.78, 5) is 0. The van der Waals surface area contributed by atoms with Crippen molar-refractivity contribution in [3.63, 3.8) is 0 Å². The first kappa shape index (κ1) is 44.6. The molecule has 9 rings (SSSR count). The van der Waals surface area contributed by atoms with Gasteiger partial charge in [0.05, 0.1) is 5.92 Å². The number of nitrogens with one attached hydrogen (secondary N) is 1. The molecule has 0 saturated carbocycles. The number of aryl methyl sites for hydroxylation is 1. The fraction of sp³-hybridized carbons (Fsp3) is 0.179. The Kier molecular flexibility index (Phi) is 17.7. The molecule has 0 saturated heterocycles. The predicted octanol–water partition coefficient (Wildman–Crippen LogP) is 14.3. The second kappa shape index (κ2) is 23.8. The average molecular weight is 792 g/mol. The molecule has 1 heterocycles. The lowest BCUT2D eigenvalue weighted by Crippen LogP contribution is -2.08. The summed E-state index contributed by atoms with van der Waals surface area (Å²) in [6, 6.07) is 57.2. The van der Waals surface area contributed by atoms with Crippen LogP contribution >= 0.6 is 0 Å². The van der Waals surface area contributed by atoms with Gasteiger partial charge in [-0.25, -0.2) is 0 Å². The van der Waals surface area contributed by atoms with Gasteiger partial charge in [0.2, 0.25) is 0 Å². The van der Waals surface area contributed by atoms with Crippen LogP contribution < -0.4 is 16.8 Å². The number of anilines is 1. The Hall–Kier alpha value is -6.46. The summed E-state index contributed by atoms with van der Waals surface area (Å²) in [5.74, 6) is 1.53. The highest BCUT2D eigenvalue weighted by atomic mass is 16.3. The minimum Gasteiger partial charge on any atom is -0.459 e. The molecule has 2 aliphatic rings. The van der Waals surface area contributed by atoms with Crippen LogP contribution in [0.15, 0.2) is 204 Å². The van der Waals surface area contributed by atoms with Gasteiger partial charge in [-0.2, -0.15) is 0 Å². The Morgan fingerprint density at radius 1 is 0.683 bits per heavy atom. The molecule has 2 unspecified atom stereocenters. The number of hydrogen-bond acceptors (Lipinski definition) is 4. The van der Waals surface area contributed by atoms with Crippen molar-refractivity contribution in [2.45, 2.75) is 52.4 Å². The van der Waals surface area contributed by atoms with Crippen LogP contribution in [0, 0.1) is 6.92 Å². The van der Waals surface area contributed by atoms with Crippen molar-refractivity contribution < 1.29 is 4.42 Å². The van der Waals surface area contributed by atoms with Gasteiger partial charge in [-0.3, -0.25) is 0 Å². The highest BCUT2D eigenvalue weighted by molar-refractivity contribution is 5.93. The van der Waals surface area contributed by atoms with Gasteiger partial charge in [-0.05, 0) is 71.4 Å². The zero-order valence-corrected chi connectivity index (χ0v) is 35.9. The van der Waals surface area contributed by atoms with Gasteiger partial charge >= 0.3 is 0 Å². The molecule has 2 atom stereocenters. The van der Waals surface area contributed by atoms with E-state index in [-0.39, 0.29) is 12.6 Å². The molecule has 5 N–H and O–H groups in total. The average Bonchev–Trinajstić information content (AvgIpc) is 3.58. The molecule has 0 spiro atoms. The molecule has 7 aromatic rings. The van der Waals surface area contributed by atoms with Crippen molar-refractivity contribution in [3.8, 4) is 11.1 Å². The molecule has 4 heteroatoms. The van der Waals surface area contributed by atoms with Crippen LogP contribution in [0.5, 0.6) is 0 Å². The zero-order valence-electron chi connectivity index (χ0n) is 35.9. The molecule has 0 fully saturated rings. The highest BCUT2D eigenvalue weighted by Crippen LogP contribution is 2.41. The maximum absolute atomic E-state index is 6.43. The van der Waals surface area contributed by atoms with Gasteiger partial charge in [-0.1, -0.05) is 214 Å². The number of para-hydroxylation sites is 1. The normalized spacial score (nSPS) is 14.0. The number of benzene rings is 6. The standard InChI is InChI=1S/C33H28O.C13H13N.C7H8.C2H6.CH6N2/c1-23(24-10-4-2-5-11-24)25-16-18-26(19-17-25)28-20-21-30-29-14-8-9-15-32(29)34-33(30)31(22-28)27-12-6-3-7-13-27;1-14-13-9-5-8-12(10-13)11-6-3-2-4-7-11;1-7-5-3-2-4-6-7;1-2;2-1-3/h2-4,6-10,12-23,31H,5,11H2,1H3;2-10,14H,1H3;2-6H,1H3;1-2H3;1-3H2. The Morgan fingerprint density at radius 2 is 1.30 bits per heavy atom. The van der Waals surface area contributed by atoms with E-state index in [1.54, 1.807) is 0 Å². The second-order valence-corrected chi connectivity index (χ2v) is 14.4. The van der Waals surface area contributed by atoms with Crippen LogP contribution in [0.2, 0.25) is 0 Å². The first-order valence-electron chi connectivity index (χ1n) is 21.2. The van der Waals surface area contributed by atoms with E-state index < -0.39 is 0 Å². The van der Waals surface area contributed by atoms with Gasteiger partial charge in [0, 0.05) is 36.3 Å². The molecule has 0 amide bonds. The fourth-order valence-electron chi connectivity index (χ4n) is 7.25. The van der Waals surface area contributed by atoms with Crippen molar-refractivity contribution in [1.29, 1.82) is 0 Å². The summed E-state index contributed by atoms with van der Waals surface area (Å²) in [6.07, 6.45) is 15.9. The van der Waals surface area contributed by atoms with E-state index in [1.807, 2.05) is 51.2 Å². The summed E-state index contributed by atoms with van der Waals surface area (Å²) in [6.45, 7) is 8.65. The van der Waals surface area contributed by atoms with Crippen LogP contribution in [0.1, 0.15) is 79.0 Å².